The molecule has 0 aromatic heterocycles. The maximum absolute atomic E-state index is 13.4. The molecule has 6 heteroatoms. The van der Waals surface area contributed by atoms with Gasteiger partial charge in [-0.15, -0.1) is 0 Å². The Balaban J connectivity index is 2.44. The molecule has 0 radical (unpaired) electrons. The van der Waals surface area contributed by atoms with E-state index >= 15 is 0 Å². The van der Waals surface area contributed by atoms with Crippen molar-refractivity contribution in [3.63, 3.8) is 0 Å². The number of halogens is 2. The van der Waals surface area contributed by atoms with E-state index in [-0.39, 0.29) is 21.4 Å². The van der Waals surface area contributed by atoms with Crippen molar-refractivity contribution in [1.29, 1.82) is 0 Å². The fraction of sp³-hybridized carbons (Fsp3) is 0. The molecule has 82 valence electrons. The van der Waals surface area contributed by atoms with E-state index < -0.39 is 11.7 Å². The van der Waals surface area contributed by atoms with Crippen molar-refractivity contribution in [3.8, 4) is 0 Å². The van der Waals surface area contributed by atoms with Gasteiger partial charge in [0.2, 0.25) is 0 Å². The van der Waals surface area contributed by atoms with Gasteiger partial charge in [-0.2, -0.15) is 0 Å². The Kier molecular flexibility index (Phi) is 2.89. The van der Waals surface area contributed by atoms with E-state index in [0.29, 0.717) is 0 Å². The number of rotatable bonds is 1. The van der Waals surface area contributed by atoms with Crippen LogP contribution in [0, 0.1) is 5.82 Å². The molecular weight excluding hydrogens is 251 g/mol. The first-order chi connectivity index (χ1) is 7.58. The predicted molar refractivity (Wildman–Crippen MR) is 63.3 cm³/mol. The summed E-state index contributed by atoms with van der Waals surface area (Å²) in [4.78, 5) is 11.3. The van der Waals surface area contributed by atoms with Gasteiger partial charge in [0, 0.05) is 5.56 Å². The lowest BCUT2D eigenvalue weighted by molar-refractivity contribution is -0.115. The molecule has 0 atom stereocenters. The molecule has 1 aliphatic heterocycles. The van der Waals surface area contributed by atoms with Gasteiger partial charge in [0.25, 0.3) is 5.91 Å². The quantitative estimate of drug-likeness (QED) is 0.595. The summed E-state index contributed by atoms with van der Waals surface area (Å²) in [5, 5.41) is 5.42. The van der Waals surface area contributed by atoms with E-state index in [2.05, 4.69) is 10.6 Å². The average Bonchev–Trinajstić information content (AvgIpc) is 2.51. The second-order valence-corrected chi connectivity index (χ2v) is 3.92. The number of carbonyl (C=O) groups is 1. The Hall–Kier alpha value is -1.46. The van der Waals surface area contributed by atoms with Crippen molar-refractivity contribution in [1.82, 2.24) is 10.6 Å². The first-order valence-corrected chi connectivity index (χ1v) is 5.14. The first kappa shape index (κ1) is 11.0. The average molecular weight is 257 g/mol. The molecule has 0 aliphatic carbocycles. The highest BCUT2D eigenvalue weighted by molar-refractivity contribution is 7.80. The van der Waals surface area contributed by atoms with Crippen LogP contribution in [-0.4, -0.2) is 11.0 Å². The van der Waals surface area contributed by atoms with E-state index in [4.69, 9.17) is 23.8 Å². The van der Waals surface area contributed by atoms with Crippen LogP contribution in [0.5, 0.6) is 0 Å². The summed E-state index contributed by atoms with van der Waals surface area (Å²) in [5.74, 6) is -0.892. The molecule has 2 N–H and O–H groups in total. The SMILES string of the molecule is O=C1NC(=S)NC1=Cc1c(F)cccc1Cl. The number of hydrogen-bond donors (Lipinski definition) is 2. The van der Waals surface area contributed by atoms with Gasteiger partial charge < -0.3 is 5.32 Å². The van der Waals surface area contributed by atoms with Crippen LogP contribution in [0.15, 0.2) is 23.9 Å². The summed E-state index contributed by atoms with van der Waals surface area (Å²) >= 11 is 10.6. The van der Waals surface area contributed by atoms with Crippen molar-refractivity contribution >= 4 is 40.9 Å². The number of thiocarbonyl (C=S) groups is 1. The number of amides is 1. The number of nitrogens with one attached hydrogen (secondary N) is 2. The van der Waals surface area contributed by atoms with E-state index in [1.165, 1.54) is 18.2 Å². The molecule has 0 bridgehead atoms. The molecule has 1 aromatic carbocycles. The van der Waals surface area contributed by atoms with E-state index in [1.807, 2.05) is 0 Å². The van der Waals surface area contributed by atoms with Crippen molar-refractivity contribution in [2.75, 3.05) is 0 Å². The fourth-order valence-corrected chi connectivity index (χ4v) is 1.70. The fourth-order valence-electron chi connectivity index (χ4n) is 1.28. The third-order valence-corrected chi connectivity index (χ3v) is 2.54. The Morgan fingerprint density at radius 1 is 1.38 bits per heavy atom. The molecule has 1 amide bonds. The molecule has 1 fully saturated rings. The Morgan fingerprint density at radius 3 is 2.69 bits per heavy atom. The van der Waals surface area contributed by atoms with E-state index in [9.17, 15) is 9.18 Å². The minimum Gasteiger partial charge on any atom is -0.328 e. The van der Waals surface area contributed by atoms with Crippen LogP contribution in [0.25, 0.3) is 6.08 Å². The van der Waals surface area contributed by atoms with Crippen molar-refractivity contribution in [3.05, 3.63) is 40.3 Å². The van der Waals surface area contributed by atoms with Crippen LogP contribution in [0.4, 0.5) is 4.39 Å². The van der Waals surface area contributed by atoms with Crippen LogP contribution in [0.1, 0.15) is 5.56 Å². The minimum absolute atomic E-state index is 0.159. The van der Waals surface area contributed by atoms with Crippen LogP contribution >= 0.6 is 23.8 Å². The second-order valence-electron chi connectivity index (χ2n) is 3.10. The Labute approximate surface area is 101 Å². The largest absolute Gasteiger partial charge is 0.328 e. The van der Waals surface area contributed by atoms with Crippen LogP contribution in [-0.2, 0) is 4.79 Å². The van der Waals surface area contributed by atoms with Gasteiger partial charge in [-0.1, -0.05) is 17.7 Å². The summed E-state index contributed by atoms with van der Waals surface area (Å²) in [5.41, 5.74) is 0.337. The van der Waals surface area contributed by atoms with Crippen LogP contribution < -0.4 is 10.6 Å². The molecular formula is C10H6ClFN2OS. The summed E-state index contributed by atoms with van der Waals surface area (Å²) in [6, 6.07) is 4.30. The van der Waals surface area contributed by atoms with Crippen molar-refractivity contribution in [2.45, 2.75) is 0 Å². The minimum atomic E-state index is -0.493. The molecule has 1 saturated heterocycles. The summed E-state index contributed by atoms with van der Waals surface area (Å²) in [6.07, 6.45) is 1.33. The van der Waals surface area contributed by atoms with Gasteiger partial charge in [0.05, 0.1) is 5.02 Å². The Morgan fingerprint density at radius 2 is 2.12 bits per heavy atom. The molecule has 3 nitrogen and oxygen atoms in total. The van der Waals surface area contributed by atoms with Crippen molar-refractivity contribution in [2.24, 2.45) is 0 Å². The highest BCUT2D eigenvalue weighted by Crippen LogP contribution is 2.21. The molecule has 1 heterocycles. The number of hydrogen-bond acceptors (Lipinski definition) is 2. The zero-order valence-corrected chi connectivity index (χ0v) is 9.45. The smallest absolute Gasteiger partial charge is 0.273 e. The summed E-state index contributed by atoms with van der Waals surface area (Å²) < 4.78 is 13.4. The molecule has 16 heavy (non-hydrogen) atoms. The highest BCUT2D eigenvalue weighted by atomic mass is 35.5. The zero-order valence-electron chi connectivity index (χ0n) is 7.88. The normalized spacial score (nSPS) is 17.5. The topological polar surface area (TPSA) is 41.1 Å². The van der Waals surface area contributed by atoms with E-state index in [0.717, 1.165) is 0 Å². The first-order valence-electron chi connectivity index (χ1n) is 4.36. The maximum Gasteiger partial charge on any atom is 0.273 e. The molecule has 0 unspecified atom stereocenters. The number of carbonyl (C=O) groups excluding carboxylic acids is 1. The van der Waals surface area contributed by atoms with Crippen LogP contribution in [0.3, 0.4) is 0 Å². The third kappa shape index (κ3) is 2.05. The summed E-state index contributed by atoms with van der Waals surface area (Å²) in [6.45, 7) is 0. The lowest BCUT2D eigenvalue weighted by atomic mass is 10.2. The zero-order chi connectivity index (χ0) is 11.7. The standard InChI is InChI=1S/C10H6ClFN2OS/c11-6-2-1-3-7(12)5(6)4-8-9(15)14-10(16)13-8/h1-4H,(H2,13,14,15,16). The monoisotopic (exact) mass is 256 g/mol. The van der Waals surface area contributed by atoms with Gasteiger partial charge >= 0.3 is 0 Å². The summed E-state index contributed by atoms with van der Waals surface area (Å²) in [7, 11) is 0. The number of benzene rings is 1. The van der Waals surface area contributed by atoms with Gasteiger partial charge in [-0.25, -0.2) is 4.39 Å². The second kappa shape index (κ2) is 4.19. The predicted octanol–water partition coefficient (Wildman–Crippen LogP) is 1.82. The van der Waals surface area contributed by atoms with E-state index in [1.54, 1.807) is 6.07 Å². The molecule has 2 rings (SSSR count). The molecule has 1 aromatic rings. The van der Waals surface area contributed by atoms with Gasteiger partial charge in [-0.05, 0) is 30.4 Å². The molecule has 1 aliphatic rings. The molecule has 0 saturated carbocycles. The lowest BCUT2D eigenvalue weighted by Gasteiger charge is -2.01. The van der Waals surface area contributed by atoms with Crippen molar-refractivity contribution < 1.29 is 9.18 Å². The maximum atomic E-state index is 13.4. The van der Waals surface area contributed by atoms with Gasteiger partial charge in [0.1, 0.15) is 11.5 Å². The Bertz CT molecular complexity index is 495. The van der Waals surface area contributed by atoms with Gasteiger partial charge in [0.15, 0.2) is 5.11 Å². The van der Waals surface area contributed by atoms with Gasteiger partial charge in [-0.3, -0.25) is 10.1 Å². The molecule has 0 spiro atoms. The van der Waals surface area contributed by atoms with Crippen LogP contribution in [0.2, 0.25) is 5.02 Å². The lowest BCUT2D eigenvalue weighted by Crippen LogP contribution is -2.21. The third-order valence-electron chi connectivity index (χ3n) is 2.01. The highest BCUT2D eigenvalue weighted by Gasteiger charge is 2.20.